The number of benzene rings is 3. The zero-order valence-electron chi connectivity index (χ0n) is 13.2. The Morgan fingerprint density at radius 1 is 0.833 bits per heavy atom. The van der Waals surface area contributed by atoms with Gasteiger partial charge in [0.05, 0.1) is 11.6 Å². The van der Waals surface area contributed by atoms with Gasteiger partial charge >= 0.3 is 0 Å². The van der Waals surface area contributed by atoms with Crippen molar-refractivity contribution in [2.24, 2.45) is 5.92 Å². The minimum absolute atomic E-state index is 0.0978. The van der Waals surface area contributed by atoms with Gasteiger partial charge in [-0.15, -0.1) is 0 Å². The number of carbonyl (C=O) groups excluding carboxylic acids is 2. The third-order valence-corrected chi connectivity index (χ3v) is 4.55. The van der Waals surface area contributed by atoms with E-state index in [0.717, 1.165) is 10.9 Å². The lowest BCUT2D eigenvalue weighted by atomic mass is 9.96. The molecule has 0 saturated carbocycles. The van der Waals surface area contributed by atoms with Crippen molar-refractivity contribution in [1.82, 2.24) is 0 Å². The van der Waals surface area contributed by atoms with Gasteiger partial charge in [-0.1, -0.05) is 60.7 Å². The zero-order chi connectivity index (χ0) is 16.5. The highest BCUT2D eigenvalue weighted by Gasteiger charge is 2.39. The monoisotopic (exact) mass is 315 g/mol. The molecular formula is C21H17NO2. The van der Waals surface area contributed by atoms with Gasteiger partial charge < -0.3 is 0 Å². The highest BCUT2D eigenvalue weighted by atomic mass is 16.2. The maximum atomic E-state index is 12.7. The second-order valence-corrected chi connectivity index (χ2v) is 6.19. The highest BCUT2D eigenvalue weighted by molar-refractivity contribution is 6.21. The maximum absolute atomic E-state index is 12.7. The van der Waals surface area contributed by atoms with Crippen LogP contribution in [-0.4, -0.2) is 11.8 Å². The topological polar surface area (TPSA) is 37.4 Å². The van der Waals surface area contributed by atoms with E-state index in [4.69, 9.17) is 0 Å². The average Bonchev–Trinajstić information content (AvgIpc) is 2.89. The molecule has 24 heavy (non-hydrogen) atoms. The predicted octanol–water partition coefficient (Wildman–Crippen LogP) is 3.96. The number of hydrogen-bond acceptors (Lipinski definition) is 2. The van der Waals surface area contributed by atoms with Gasteiger partial charge in [0.15, 0.2) is 0 Å². The van der Waals surface area contributed by atoms with Crippen LogP contribution < -0.4 is 4.90 Å². The summed E-state index contributed by atoms with van der Waals surface area (Å²) in [5, 5.41) is 2.34. The summed E-state index contributed by atoms with van der Waals surface area (Å²) in [7, 11) is 0. The summed E-state index contributed by atoms with van der Waals surface area (Å²) in [6.07, 6.45) is 0.874. The van der Waals surface area contributed by atoms with E-state index in [-0.39, 0.29) is 24.2 Å². The summed E-state index contributed by atoms with van der Waals surface area (Å²) in [5.74, 6) is -0.491. The van der Waals surface area contributed by atoms with Crippen LogP contribution in [0, 0.1) is 5.92 Å². The van der Waals surface area contributed by atoms with Gasteiger partial charge in [-0.2, -0.15) is 0 Å². The molecule has 1 unspecified atom stereocenters. The highest BCUT2D eigenvalue weighted by Crippen LogP contribution is 2.29. The van der Waals surface area contributed by atoms with Crippen LogP contribution in [0.4, 0.5) is 5.69 Å². The van der Waals surface area contributed by atoms with Gasteiger partial charge in [0.2, 0.25) is 11.8 Å². The van der Waals surface area contributed by atoms with Gasteiger partial charge in [0.1, 0.15) is 0 Å². The van der Waals surface area contributed by atoms with E-state index >= 15 is 0 Å². The Morgan fingerprint density at radius 3 is 2.33 bits per heavy atom. The Labute approximate surface area is 140 Å². The van der Waals surface area contributed by atoms with Crippen molar-refractivity contribution in [3.8, 4) is 0 Å². The van der Waals surface area contributed by atoms with Crippen LogP contribution in [-0.2, 0) is 16.0 Å². The van der Waals surface area contributed by atoms with E-state index in [0.29, 0.717) is 12.1 Å². The van der Waals surface area contributed by atoms with Gasteiger partial charge in [0.25, 0.3) is 0 Å². The third kappa shape index (κ3) is 2.58. The SMILES string of the molecule is O=C1CC(Cc2ccc3ccccc3c2)C(=O)N1c1ccccc1. The smallest absolute Gasteiger partial charge is 0.237 e. The predicted molar refractivity (Wildman–Crippen MR) is 94.7 cm³/mol. The quantitative estimate of drug-likeness (QED) is 0.686. The fourth-order valence-electron chi connectivity index (χ4n) is 3.35. The molecule has 3 nitrogen and oxygen atoms in total. The number of carbonyl (C=O) groups is 2. The second kappa shape index (κ2) is 5.93. The largest absolute Gasteiger partial charge is 0.274 e. The molecule has 1 aliphatic heterocycles. The van der Waals surface area contributed by atoms with E-state index in [1.54, 1.807) is 12.1 Å². The van der Waals surface area contributed by atoms with E-state index in [1.807, 2.05) is 36.4 Å². The van der Waals surface area contributed by atoms with Gasteiger partial charge in [-0.25, -0.2) is 0 Å². The molecule has 3 aromatic rings. The standard InChI is InChI=1S/C21H17NO2/c23-20-14-18(21(24)22(20)19-8-2-1-3-9-19)13-15-10-11-16-6-4-5-7-17(16)12-15/h1-12,18H,13-14H2. The second-order valence-electron chi connectivity index (χ2n) is 6.19. The first-order chi connectivity index (χ1) is 11.7. The lowest BCUT2D eigenvalue weighted by molar-refractivity contribution is -0.122. The molecule has 1 atom stereocenters. The van der Waals surface area contributed by atoms with Crippen LogP contribution in [0.3, 0.4) is 0 Å². The summed E-state index contributed by atoms with van der Waals surface area (Å²) < 4.78 is 0. The number of para-hydroxylation sites is 1. The van der Waals surface area contributed by atoms with Crippen LogP contribution in [0.5, 0.6) is 0 Å². The van der Waals surface area contributed by atoms with Crippen molar-refractivity contribution in [3.63, 3.8) is 0 Å². The molecule has 3 aromatic carbocycles. The van der Waals surface area contributed by atoms with Crippen molar-refractivity contribution in [3.05, 3.63) is 78.4 Å². The molecule has 0 bridgehead atoms. The molecule has 1 fully saturated rings. The molecule has 1 aliphatic rings. The number of nitrogens with zero attached hydrogens (tertiary/aromatic N) is 1. The van der Waals surface area contributed by atoms with Gasteiger partial charge in [-0.3, -0.25) is 14.5 Å². The van der Waals surface area contributed by atoms with Crippen molar-refractivity contribution in [1.29, 1.82) is 0 Å². The molecule has 4 rings (SSSR count). The first-order valence-electron chi connectivity index (χ1n) is 8.12. The first kappa shape index (κ1) is 14.6. The molecule has 0 radical (unpaired) electrons. The Hall–Kier alpha value is -2.94. The molecule has 3 heteroatoms. The summed E-state index contributed by atoms with van der Waals surface area (Å²) >= 11 is 0. The lowest BCUT2D eigenvalue weighted by Gasteiger charge is -2.15. The van der Waals surface area contributed by atoms with Crippen molar-refractivity contribution >= 4 is 28.3 Å². The van der Waals surface area contributed by atoms with Crippen molar-refractivity contribution in [2.75, 3.05) is 4.90 Å². The van der Waals surface area contributed by atoms with Crippen LogP contribution in [0.25, 0.3) is 10.8 Å². The van der Waals surface area contributed by atoms with E-state index < -0.39 is 0 Å². The van der Waals surface area contributed by atoms with Crippen LogP contribution in [0.1, 0.15) is 12.0 Å². The minimum atomic E-state index is -0.279. The van der Waals surface area contributed by atoms with Crippen LogP contribution in [0.15, 0.2) is 72.8 Å². The molecule has 1 saturated heterocycles. The molecular weight excluding hydrogens is 298 g/mol. The first-order valence-corrected chi connectivity index (χ1v) is 8.12. The number of hydrogen-bond donors (Lipinski definition) is 0. The lowest BCUT2D eigenvalue weighted by Crippen LogP contribution is -2.30. The Balaban J connectivity index is 1.58. The fourth-order valence-corrected chi connectivity index (χ4v) is 3.35. The Kier molecular flexibility index (Phi) is 3.62. The number of amides is 2. The number of imide groups is 1. The number of rotatable bonds is 3. The molecule has 118 valence electrons. The van der Waals surface area contributed by atoms with E-state index in [1.165, 1.54) is 10.3 Å². The van der Waals surface area contributed by atoms with Crippen LogP contribution >= 0.6 is 0 Å². The van der Waals surface area contributed by atoms with E-state index in [9.17, 15) is 9.59 Å². The zero-order valence-corrected chi connectivity index (χ0v) is 13.2. The van der Waals surface area contributed by atoms with E-state index in [2.05, 4.69) is 24.3 Å². The fraction of sp³-hybridized carbons (Fsp3) is 0.143. The molecule has 0 N–H and O–H groups in total. The van der Waals surface area contributed by atoms with Crippen molar-refractivity contribution in [2.45, 2.75) is 12.8 Å². The van der Waals surface area contributed by atoms with Crippen LogP contribution in [0.2, 0.25) is 0 Å². The maximum Gasteiger partial charge on any atom is 0.237 e. The minimum Gasteiger partial charge on any atom is -0.274 e. The molecule has 0 aliphatic carbocycles. The molecule has 2 amide bonds. The van der Waals surface area contributed by atoms with Gasteiger partial charge in [0, 0.05) is 6.42 Å². The number of anilines is 1. The number of fused-ring (bicyclic) bond motifs is 1. The van der Waals surface area contributed by atoms with Crippen molar-refractivity contribution < 1.29 is 9.59 Å². The third-order valence-electron chi connectivity index (χ3n) is 4.55. The summed E-state index contributed by atoms with van der Waals surface area (Å²) in [6.45, 7) is 0. The summed E-state index contributed by atoms with van der Waals surface area (Å²) in [6, 6.07) is 23.5. The molecule has 0 spiro atoms. The Morgan fingerprint density at radius 2 is 1.54 bits per heavy atom. The summed E-state index contributed by atoms with van der Waals surface area (Å²) in [5.41, 5.74) is 1.75. The molecule has 0 aromatic heterocycles. The normalized spacial score (nSPS) is 17.7. The Bertz CT molecular complexity index is 917. The molecule has 1 heterocycles. The average molecular weight is 315 g/mol. The van der Waals surface area contributed by atoms with Gasteiger partial charge in [-0.05, 0) is 34.9 Å². The summed E-state index contributed by atoms with van der Waals surface area (Å²) in [4.78, 5) is 26.3.